The molecule has 0 fully saturated rings. The molecule has 0 aromatic rings. The molecule has 0 amide bonds. The topological polar surface area (TPSA) is 155 Å². The van der Waals surface area contributed by atoms with Crippen LogP contribution in [0.2, 0.25) is 0 Å². The lowest BCUT2D eigenvalue weighted by molar-refractivity contribution is -0.161. The Bertz CT molecular complexity index is 1510. The Morgan fingerprint density at radius 3 is 1.08 bits per heavy atom. The summed E-state index contributed by atoms with van der Waals surface area (Å²) in [4.78, 5) is 48.7. The normalized spacial score (nSPS) is 13.7. The molecule has 2 N–H and O–H groups in total. The van der Waals surface area contributed by atoms with Gasteiger partial charge in [-0.25, -0.2) is 4.57 Å². The second kappa shape index (κ2) is 58.3. The number of carbonyl (C=O) groups is 3. The van der Waals surface area contributed by atoms with Gasteiger partial charge in [0, 0.05) is 19.3 Å². The summed E-state index contributed by atoms with van der Waals surface area (Å²) in [5, 5.41) is 9.83. The molecule has 442 valence electrons. The van der Waals surface area contributed by atoms with Crippen LogP contribution in [0.3, 0.4) is 0 Å². The lowest BCUT2D eigenvalue weighted by atomic mass is 10.0. The smallest absolute Gasteiger partial charge is 0.462 e. The lowest BCUT2D eigenvalue weighted by Gasteiger charge is -2.21. The molecule has 0 spiro atoms. The van der Waals surface area contributed by atoms with Crippen LogP contribution in [0.5, 0.6) is 0 Å². The predicted octanol–water partition coefficient (Wildman–Crippen LogP) is 18.7. The van der Waals surface area contributed by atoms with E-state index in [-0.39, 0.29) is 25.9 Å². The van der Waals surface area contributed by atoms with Gasteiger partial charge in [-0.05, 0) is 83.5 Å². The van der Waals surface area contributed by atoms with Gasteiger partial charge in [0.1, 0.15) is 12.7 Å². The zero-order valence-electron chi connectivity index (χ0n) is 49.0. The highest BCUT2D eigenvalue weighted by Crippen LogP contribution is 2.43. The standard InChI is InChI=1S/C64H115O11P/c1-4-7-10-13-16-19-22-25-28-30-33-35-38-41-44-47-50-53-62(66)71-57-61(75-64(68)55-52-49-46-43-40-37-34-31-29-26-23-20-17-14-11-8-5-2)59-73-76(69,70)72-58-60(56-65)74-63(67)54-51-48-45-42-39-36-32-27-24-21-18-15-12-9-6-3/h9,12,16,18-19,21,25,27-28,32,60-61,65H,4-8,10-11,13-15,17,20,22-24,26,29-31,33-59H2,1-3H3,(H,69,70)/b12-9-,19-16-,21-18-,28-25-,32-27-. The second-order valence-electron chi connectivity index (χ2n) is 20.8. The van der Waals surface area contributed by atoms with Gasteiger partial charge in [-0.1, -0.05) is 248 Å². The number of hydrogen-bond donors (Lipinski definition) is 2. The first-order valence-electron chi connectivity index (χ1n) is 31.2. The van der Waals surface area contributed by atoms with Crippen molar-refractivity contribution in [1.82, 2.24) is 0 Å². The van der Waals surface area contributed by atoms with Crippen molar-refractivity contribution in [3.05, 3.63) is 60.8 Å². The van der Waals surface area contributed by atoms with E-state index in [1.807, 2.05) is 0 Å². The monoisotopic (exact) mass is 1090 g/mol. The number of phosphoric acid groups is 1. The van der Waals surface area contributed by atoms with Crippen LogP contribution < -0.4 is 0 Å². The van der Waals surface area contributed by atoms with Crippen molar-refractivity contribution in [3.8, 4) is 0 Å². The maximum absolute atomic E-state index is 12.9. The minimum atomic E-state index is -4.76. The van der Waals surface area contributed by atoms with Crippen LogP contribution in [0.15, 0.2) is 60.8 Å². The molecule has 3 unspecified atom stereocenters. The summed E-state index contributed by atoms with van der Waals surface area (Å²) in [6.07, 6.45) is 64.5. The number of unbranched alkanes of at least 4 members (excludes halogenated alkanes) is 31. The van der Waals surface area contributed by atoms with E-state index < -0.39 is 57.8 Å². The molecule has 0 aliphatic rings. The molecule has 3 atom stereocenters. The predicted molar refractivity (Wildman–Crippen MR) is 316 cm³/mol. The highest BCUT2D eigenvalue weighted by atomic mass is 31.2. The van der Waals surface area contributed by atoms with Crippen LogP contribution in [-0.2, 0) is 42.2 Å². The van der Waals surface area contributed by atoms with Crippen molar-refractivity contribution in [2.24, 2.45) is 0 Å². The molecule has 0 aliphatic heterocycles. The number of ether oxygens (including phenoxy) is 3. The van der Waals surface area contributed by atoms with Crippen molar-refractivity contribution < 1.29 is 52.2 Å². The number of esters is 3. The van der Waals surface area contributed by atoms with Gasteiger partial charge in [0.2, 0.25) is 0 Å². The molecule has 76 heavy (non-hydrogen) atoms. The van der Waals surface area contributed by atoms with Gasteiger partial charge in [-0.2, -0.15) is 0 Å². The van der Waals surface area contributed by atoms with Crippen molar-refractivity contribution in [3.63, 3.8) is 0 Å². The fourth-order valence-electron chi connectivity index (χ4n) is 8.70. The molecule has 0 bridgehead atoms. The third-order valence-corrected chi connectivity index (χ3v) is 14.4. The van der Waals surface area contributed by atoms with Crippen molar-refractivity contribution in [1.29, 1.82) is 0 Å². The zero-order valence-corrected chi connectivity index (χ0v) is 49.9. The molecule has 0 heterocycles. The number of rotatable bonds is 58. The Balaban J connectivity index is 4.71. The Hall–Kier alpha value is -2.82. The maximum Gasteiger partial charge on any atom is 0.472 e. The number of carbonyl (C=O) groups excluding carboxylic acids is 3. The summed E-state index contributed by atoms with van der Waals surface area (Å²) in [6, 6.07) is 0. The molecular weight excluding hydrogens is 976 g/mol. The lowest BCUT2D eigenvalue weighted by Crippen LogP contribution is -2.30. The van der Waals surface area contributed by atoms with Gasteiger partial charge in [0.15, 0.2) is 6.10 Å². The van der Waals surface area contributed by atoms with Gasteiger partial charge in [-0.3, -0.25) is 23.4 Å². The van der Waals surface area contributed by atoms with Gasteiger partial charge >= 0.3 is 25.7 Å². The van der Waals surface area contributed by atoms with Crippen LogP contribution in [0.1, 0.15) is 290 Å². The number of allylic oxidation sites excluding steroid dienone is 10. The Labute approximate surface area is 465 Å². The number of phosphoric ester groups is 1. The number of hydrogen-bond acceptors (Lipinski definition) is 10. The van der Waals surface area contributed by atoms with E-state index in [0.29, 0.717) is 19.3 Å². The van der Waals surface area contributed by atoms with Gasteiger partial charge in [-0.15, -0.1) is 0 Å². The van der Waals surface area contributed by atoms with Crippen LogP contribution in [-0.4, -0.2) is 66.5 Å². The fourth-order valence-corrected chi connectivity index (χ4v) is 9.48. The van der Waals surface area contributed by atoms with E-state index in [1.54, 1.807) is 0 Å². The largest absolute Gasteiger partial charge is 0.472 e. The first-order valence-corrected chi connectivity index (χ1v) is 32.7. The van der Waals surface area contributed by atoms with Crippen molar-refractivity contribution in [2.45, 2.75) is 303 Å². The van der Waals surface area contributed by atoms with Crippen LogP contribution in [0, 0.1) is 0 Å². The van der Waals surface area contributed by atoms with Crippen molar-refractivity contribution in [2.75, 3.05) is 26.4 Å². The van der Waals surface area contributed by atoms with E-state index in [9.17, 15) is 28.9 Å². The van der Waals surface area contributed by atoms with Crippen LogP contribution in [0.25, 0.3) is 0 Å². The minimum Gasteiger partial charge on any atom is -0.462 e. The number of aliphatic hydroxyl groups is 1. The fraction of sp³-hybridized carbons (Fsp3) is 0.797. The molecule has 0 rings (SSSR count). The van der Waals surface area contributed by atoms with E-state index in [0.717, 1.165) is 103 Å². The molecule has 0 aliphatic carbocycles. The third-order valence-electron chi connectivity index (χ3n) is 13.4. The quantitative estimate of drug-likeness (QED) is 0.0197. The average molecular weight is 1090 g/mol. The molecular formula is C64H115O11P. The Kier molecular flexibility index (Phi) is 56.2. The van der Waals surface area contributed by atoms with E-state index in [1.165, 1.54) is 128 Å². The summed E-state index contributed by atoms with van der Waals surface area (Å²) in [5.41, 5.74) is 0. The summed E-state index contributed by atoms with van der Waals surface area (Å²) in [7, 11) is -4.76. The molecule has 0 aromatic heterocycles. The molecule has 0 radical (unpaired) electrons. The second-order valence-corrected chi connectivity index (χ2v) is 22.3. The SMILES string of the molecule is CC/C=C\C/C=C\C/C=C\CCCCCCCC(=O)OC(CO)COP(=O)(O)OCC(COC(=O)CCCCCCCCC/C=C\C/C=C\CCCCC)OC(=O)CCCCCCCCCCCCCCCCCCC. The molecule has 11 nitrogen and oxygen atoms in total. The van der Waals surface area contributed by atoms with Crippen LogP contribution >= 0.6 is 7.82 Å². The average Bonchev–Trinajstić information content (AvgIpc) is 3.41. The maximum atomic E-state index is 12.9. The summed E-state index contributed by atoms with van der Waals surface area (Å²) < 4.78 is 39.6. The number of aliphatic hydroxyl groups excluding tert-OH is 1. The first kappa shape index (κ1) is 73.2. The molecule has 12 heteroatoms. The molecule has 0 saturated heterocycles. The van der Waals surface area contributed by atoms with Gasteiger partial charge < -0.3 is 24.2 Å². The molecule has 0 aromatic carbocycles. The van der Waals surface area contributed by atoms with Gasteiger partial charge in [0.25, 0.3) is 0 Å². The van der Waals surface area contributed by atoms with Crippen molar-refractivity contribution >= 4 is 25.7 Å². The summed E-state index contributed by atoms with van der Waals surface area (Å²) in [6.45, 7) is 4.53. The van der Waals surface area contributed by atoms with E-state index in [4.69, 9.17) is 23.3 Å². The summed E-state index contributed by atoms with van der Waals surface area (Å²) in [5.74, 6) is -1.47. The minimum absolute atomic E-state index is 0.158. The van der Waals surface area contributed by atoms with Crippen LogP contribution in [0.4, 0.5) is 0 Å². The third kappa shape index (κ3) is 55.9. The highest BCUT2D eigenvalue weighted by molar-refractivity contribution is 7.47. The van der Waals surface area contributed by atoms with E-state index >= 15 is 0 Å². The Morgan fingerprint density at radius 2 is 0.684 bits per heavy atom. The van der Waals surface area contributed by atoms with E-state index in [2.05, 4.69) is 81.5 Å². The summed E-state index contributed by atoms with van der Waals surface area (Å²) >= 11 is 0. The Morgan fingerprint density at radius 1 is 0.382 bits per heavy atom. The highest BCUT2D eigenvalue weighted by Gasteiger charge is 2.28. The first-order chi connectivity index (χ1) is 37.2. The zero-order chi connectivity index (χ0) is 55.5. The molecule has 0 saturated carbocycles. The van der Waals surface area contributed by atoms with Gasteiger partial charge in [0.05, 0.1) is 19.8 Å².